The normalized spacial score (nSPS) is 14.6. The molecule has 1 aromatic heterocycles. The third-order valence-electron chi connectivity index (χ3n) is 3.44. The van der Waals surface area contributed by atoms with Crippen molar-refractivity contribution in [1.29, 1.82) is 0 Å². The number of hydrogen-bond acceptors (Lipinski definition) is 6. The number of aromatic nitrogens is 2. The predicted molar refractivity (Wildman–Crippen MR) is 83.3 cm³/mol. The first-order valence-electron chi connectivity index (χ1n) is 7.04. The van der Waals surface area contributed by atoms with Crippen molar-refractivity contribution in [3.05, 3.63) is 42.4 Å². The van der Waals surface area contributed by atoms with Crippen LogP contribution in [0.5, 0.6) is 0 Å². The molecule has 1 saturated heterocycles. The van der Waals surface area contributed by atoms with Gasteiger partial charge < -0.3 is 20.7 Å². The zero-order valence-corrected chi connectivity index (χ0v) is 12.0. The summed E-state index contributed by atoms with van der Waals surface area (Å²) in [5.74, 6) is -0.255. The molecule has 0 bridgehead atoms. The number of amides is 1. The molecular weight excluding hydrogens is 282 g/mol. The molecule has 0 radical (unpaired) electrons. The van der Waals surface area contributed by atoms with Crippen molar-refractivity contribution in [2.75, 3.05) is 36.5 Å². The number of anilines is 3. The molecule has 7 heteroatoms. The smallest absolute Gasteiger partial charge is 0.271 e. The quantitative estimate of drug-likeness (QED) is 0.880. The first-order valence-corrected chi connectivity index (χ1v) is 7.04. The molecule has 0 saturated carbocycles. The summed E-state index contributed by atoms with van der Waals surface area (Å²) in [5.41, 5.74) is 7.38. The van der Waals surface area contributed by atoms with Gasteiger partial charge in [-0.1, -0.05) is 0 Å². The maximum absolute atomic E-state index is 11.3. The van der Waals surface area contributed by atoms with Crippen molar-refractivity contribution in [1.82, 2.24) is 9.97 Å². The Labute approximate surface area is 128 Å². The van der Waals surface area contributed by atoms with Crippen molar-refractivity contribution in [3.8, 4) is 0 Å². The lowest BCUT2D eigenvalue weighted by atomic mass is 10.2. The van der Waals surface area contributed by atoms with Crippen LogP contribution in [0.4, 0.5) is 17.2 Å². The zero-order valence-electron chi connectivity index (χ0n) is 12.0. The van der Waals surface area contributed by atoms with Crippen molar-refractivity contribution in [3.63, 3.8) is 0 Å². The van der Waals surface area contributed by atoms with Crippen molar-refractivity contribution >= 4 is 23.1 Å². The van der Waals surface area contributed by atoms with E-state index in [1.807, 2.05) is 24.3 Å². The van der Waals surface area contributed by atoms with Gasteiger partial charge >= 0.3 is 0 Å². The summed E-state index contributed by atoms with van der Waals surface area (Å²) in [5, 5.41) is 3.07. The third kappa shape index (κ3) is 3.15. The molecule has 1 amide bonds. The summed E-state index contributed by atoms with van der Waals surface area (Å²) in [4.78, 5) is 21.7. The van der Waals surface area contributed by atoms with Gasteiger partial charge in [0.25, 0.3) is 5.91 Å². The van der Waals surface area contributed by atoms with Crippen LogP contribution in [0, 0.1) is 0 Å². The number of primary amides is 1. The number of morpholine rings is 1. The number of carbonyl (C=O) groups excluding carboxylic acids is 1. The van der Waals surface area contributed by atoms with Gasteiger partial charge in [-0.2, -0.15) is 0 Å². The van der Waals surface area contributed by atoms with E-state index in [0.29, 0.717) is 5.82 Å². The fraction of sp³-hybridized carbons (Fsp3) is 0.267. The van der Waals surface area contributed by atoms with Crippen LogP contribution in [-0.2, 0) is 4.74 Å². The second kappa shape index (κ2) is 6.40. The van der Waals surface area contributed by atoms with E-state index in [4.69, 9.17) is 10.5 Å². The zero-order chi connectivity index (χ0) is 15.4. The average Bonchev–Trinajstić information content (AvgIpc) is 2.57. The SMILES string of the molecule is NC(=O)c1nccnc1Nc1ccc(N2CCOCC2)cc1. The fourth-order valence-corrected chi connectivity index (χ4v) is 2.32. The lowest BCUT2D eigenvalue weighted by Crippen LogP contribution is -2.36. The Balaban J connectivity index is 1.75. The van der Waals surface area contributed by atoms with Crippen molar-refractivity contribution in [2.24, 2.45) is 5.73 Å². The standard InChI is InChI=1S/C15H17N5O2/c16-14(21)13-15(18-6-5-17-13)19-11-1-3-12(4-2-11)20-7-9-22-10-8-20/h1-6H,7-10H2,(H2,16,21)(H,18,19). The molecule has 0 spiro atoms. The number of nitrogens with two attached hydrogens (primary N) is 1. The highest BCUT2D eigenvalue weighted by Crippen LogP contribution is 2.22. The van der Waals surface area contributed by atoms with Gasteiger partial charge in [0.1, 0.15) is 0 Å². The Morgan fingerprint density at radius 3 is 2.50 bits per heavy atom. The number of ether oxygens (including phenoxy) is 1. The molecule has 3 rings (SSSR count). The van der Waals surface area contributed by atoms with Crippen LogP contribution in [0.3, 0.4) is 0 Å². The minimum Gasteiger partial charge on any atom is -0.378 e. The van der Waals surface area contributed by atoms with Gasteiger partial charge in [-0.05, 0) is 24.3 Å². The van der Waals surface area contributed by atoms with Crippen LogP contribution in [0.2, 0.25) is 0 Å². The molecule has 1 aliphatic rings. The molecule has 2 aromatic rings. The van der Waals surface area contributed by atoms with Crippen LogP contribution >= 0.6 is 0 Å². The Kier molecular flexibility index (Phi) is 4.15. The Bertz CT molecular complexity index is 653. The summed E-state index contributed by atoms with van der Waals surface area (Å²) < 4.78 is 5.35. The second-order valence-corrected chi connectivity index (χ2v) is 4.89. The molecule has 1 fully saturated rings. The molecule has 1 aliphatic heterocycles. The highest BCUT2D eigenvalue weighted by atomic mass is 16.5. The van der Waals surface area contributed by atoms with E-state index in [2.05, 4.69) is 20.2 Å². The fourth-order valence-electron chi connectivity index (χ4n) is 2.32. The second-order valence-electron chi connectivity index (χ2n) is 4.89. The molecule has 22 heavy (non-hydrogen) atoms. The number of carbonyl (C=O) groups is 1. The van der Waals surface area contributed by atoms with E-state index >= 15 is 0 Å². The first kappa shape index (κ1) is 14.3. The molecule has 114 valence electrons. The van der Waals surface area contributed by atoms with E-state index in [-0.39, 0.29) is 5.69 Å². The van der Waals surface area contributed by atoms with Gasteiger partial charge in [0.2, 0.25) is 0 Å². The molecule has 7 nitrogen and oxygen atoms in total. The van der Waals surface area contributed by atoms with Gasteiger partial charge in [-0.15, -0.1) is 0 Å². The Hall–Kier alpha value is -2.67. The number of nitrogens with one attached hydrogen (secondary N) is 1. The number of benzene rings is 1. The van der Waals surface area contributed by atoms with Crippen molar-refractivity contribution < 1.29 is 9.53 Å². The molecule has 0 aliphatic carbocycles. The monoisotopic (exact) mass is 299 g/mol. The third-order valence-corrected chi connectivity index (χ3v) is 3.44. The minimum absolute atomic E-state index is 0.125. The molecule has 0 atom stereocenters. The van der Waals surface area contributed by atoms with Gasteiger partial charge in [-0.3, -0.25) is 4.79 Å². The highest BCUT2D eigenvalue weighted by molar-refractivity contribution is 5.96. The maximum atomic E-state index is 11.3. The summed E-state index contributed by atoms with van der Waals surface area (Å²) in [6.07, 6.45) is 2.95. The van der Waals surface area contributed by atoms with Crippen LogP contribution < -0.4 is 16.0 Å². The van der Waals surface area contributed by atoms with Gasteiger partial charge in [0, 0.05) is 36.9 Å². The lowest BCUT2D eigenvalue weighted by molar-refractivity contribution is 0.0996. The number of hydrogen-bond donors (Lipinski definition) is 2. The van der Waals surface area contributed by atoms with Crippen LogP contribution in [0.1, 0.15) is 10.5 Å². The van der Waals surface area contributed by atoms with Crippen molar-refractivity contribution in [2.45, 2.75) is 0 Å². The van der Waals surface area contributed by atoms with E-state index in [1.54, 1.807) is 0 Å². The summed E-state index contributed by atoms with van der Waals surface area (Å²) in [6.45, 7) is 3.29. The minimum atomic E-state index is -0.611. The van der Waals surface area contributed by atoms with E-state index in [9.17, 15) is 4.79 Å². The number of rotatable bonds is 4. The summed E-state index contributed by atoms with van der Waals surface area (Å²) in [7, 11) is 0. The summed E-state index contributed by atoms with van der Waals surface area (Å²) >= 11 is 0. The number of nitrogens with zero attached hydrogens (tertiary/aromatic N) is 3. The molecule has 3 N–H and O–H groups in total. The predicted octanol–water partition coefficient (Wildman–Crippen LogP) is 1.16. The molecular formula is C15H17N5O2. The Morgan fingerprint density at radius 2 is 1.82 bits per heavy atom. The van der Waals surface area contributed by atoms with E-state index in [1.165, 1.54) is 12.4 Å². The maximum Gasteiger partial charge on any atom is 0.271 e. The first-order chi connectivity index (χ1) is 10.7. The summed E-state index contributed by atoms with van der Waals surface area (Å²) in [6, 6.07) is 7.91. The molecule has 2 heterocycles. The molecule has 1 aromatic carbocycles. The van der Waals surface area contributed by atoms with Crippen LogP contribution in [-0.4, -0.2) is 42.2 Å². The van der Waals surface area contributed by atoms with Crippen LogP contribution in [0.25, 0.3) is 0 Å². The topological polar surface area (TPSA) is 93.4 Å². The molecule has 0 unspecified atom stereocenters. The highest BCUT2D eigenvalue weighted by Gasteiger charge is 2.12. The van der Waals surface area contributed by atoms with Gasteiger partial charge in [0.15, 0.2) is 11.5 Å². The largest absolute Gasteiger partial charge is 0.378 e. The van der Waals surface area contributed by atoms with Gasteiger partial charge in [0.05, 0.1) is 13.2 Å². The lowest BCUT2D eigenvalue weighted by Gasteiger charge is -2.28. The average molecular weight is 299 g/mol. The Morgan fingerprint density at radius 1 is 1.14 bits per heavy atom. The van der Waals surface area contributed by atoms with E-state index < -0.39 is 5.91 Å². The van der Waals surface area contributed by atoms with Crippen LogP contribution in [0.15, 0.2) is 36.7 Å². The van der Waals surface area contributed by atoms with Gasteiger partial charge in [-0.25, -0.2) is 9.97 Å². The van der Waals surface area contributed by atoms with E-state index in [0.717, 1.165) is 37.7 Å².